The maximum atomic E-state index is 9.64. The summed E-state index contributed by atoms with van der Waals surface area (Å²) in [5, 5.41) is 0. The molecule has 0 N–H and O–H groups in total. The van der Waals surface area contributed by atoms with E-state index in [1.165, 1.54) is 44.5 Å². The molecule has 41 heavy (non-hydrogen) atoms. The minimum Gasteiger partial charge on any atom is -0.385 e. The molecule has 0 spiro atoms. The van der Waals surface area contributed by atoms with Crippen LogP contribution in [0.3, 0.4) is 0 Å². The van der Waals surface area contributed by atoms with E-state index in [-0.39, 0.29) is 0 Å². The SMILES string of the molecule is C1=C(c2ccccc2)[CH]([Gd][CH]2C(c3ccccc3)=Cc3ccccc32)c2ccccc21.CN(C)[SiH]=O.CN(C)[SiH]=O. The summed E-state index contributed by atoms with van der Waals surface area (Å²) in [6.45, 7) is 0. The fourth-order valence-electron chi connectivity index (χ4n) is 4.63. The van der Waals surface area contributed by atoms with Crippen LogP contribution in [0.2, 0.25) is 0 Å². The fraction of sp³-hybridized carbons (Fsp3) is 0.176. The van der Waals surface area contributed by atoms with E-state index in [2.05, 4.69) is 121 Å². The third-order valence-electron chi connectivity index (χ3n) is 6.55. The van der Waals surface area contributed by atoms with Gasteiger partial charge in [0.25, 0.3) is 0 Å². The van der Waals surface area contributed by atoms with Crippen molar-refractivity contribution in [2.75, 3.05) is 28.2 Å². The van der Waals surface area contributed by atoms with Gasteiger partial charge in [0.05, 0.1) is 0 Å². The van der Waals surface area contributed by atoms with Crippen LogP contribution in [0.25, 0.3) is 23.3 Å². The minimum absolute atomic E-state index is 0.530. The first-order valence-electron chi connectivity index (χ1n) is 13.5. The first-order chi connectivity index (χ1) is 19.9. The minimum atomic E-state index is -0.685. The molecule has 0 amide bonds. The zero-order valence-corrected chi connectivity index (χ0v) is 28.5. The Morgan fingerprint density at radius 1 is 0.512 bits per heavy atom. The second-order valence-electron chi connectivity index (χ2n) is 10.1. The first kappa shape index (κ1) is 31.3. The topological polar surface area (TPSA) is 40.6 Å². The predicted octanol–water partition coefficient (Wildman–Crippen LogP) is 6.15. The van der Waals surface area contributed by atoms with Crippen molar-refractivity contribution < 1.29 is 44.8 Å². The van der Waals surface area contributed by atoms with Gasteiger partial charge < -0.3 is 18.1 Å². The van der Waals surface area contributed by atoms with E-state index in [4.69, 9.17) is 0 Å². The van der Waals surface area contributed by atoms with Crippen LogP contribution >= 0.6 is 0 Å². The zero-order valence-electron chi connectivity index (χ0n) is 23.9. The molecule has 4 aromatic carbocycles. The number of fused-ring (bicyclic) bond motifs is 2. The summed E-state index contributed by atoms with van der Waals surface area (Å²) >= 11 is -0.572. The van der Waals surface area contributed by atoms with Crippen LogP contribution in [0.5, 0.6) is 0 Å². The molecule has 2 atom stereocenters. The van der Waals surface area contributed by atoms with E-state index >= 15 is 0 Å². The second-order valence-corrected chi connectivity index (χ2v) is 16.0. The van der Waals surface area contributed by atoms with Gasteiger partial charge in [0.1, 0.15) is 0 Å². The van der Waals surface area contributed by atoms with Crippen molar-refractivity contribution in [2.24, 2.45) is 0 Å². The van der Waals surface area contributed by atoms with Crippen LogP contribution < -0.4 is 0 Å². The van der Waals surface area contributed by atoms with Crippen LogP contribution in [0.1, 0.15) is 36.8 Å². The molecule has 6 rings (SSSR count). The molecule has 0 saturated heterocycles. The Morgan fingerprint density at radius 3 is 1.17 bits per heavy atom. The molecule has 7 heteroatoms. The quantitative estimate of drug-likeness (QED) is 0.225. The third-order valence-corrected chi connectivity index (χ3v) is 11.7. The zero-order chi connectivity index (χ0) is 29.2. The van der Waals surface area contributed by atoms with E-state index in [1.807, 2.05) is 0 Å². The summed E-state index contributed by atoms with van der Waals surface area (Å²) in [5.74, 6) is 0. The van der Waals surface area contributed by atoms with Crippen molar-refractivity contribution in [3.05, 3.63) is 143 Å². The average molecular weight is 718 g/mol. The fourth-order valence-corrected chi connectivity index (χ4v) is 9.34. The molecule has 2 unspecified atom stereocenters. The van der Waals surface area contributed by atoms with Gasteiger partial charge in [-0.05, 0) is 28.2 Å². The molecule has 0 aliphatic heterocycles. The summed E-state index contributed by atoms with van der Waals surface area (Å²) in [6, 6.07) is 40.0. The Kier molecular flexibility index (Phi) is 11.8. The van der Waals surface area contributed by atoms with Gasteiger partial charge in [0, 0.05) is 0 Å². The van der Waals surface area contributed by atoms with Gasteiger partial charge in [-0.15, -0.1) is 0 Å². The summed E-state index contributed by atoms with van der Waals surface area (Å²) in [4.78, 5) is 0. The molecular formula is C34H36GdN2O2Si2. The van der Waals surface area contributed by atoms with E-state index in [1.54, 1.807) is 37.3 Å². The Labute approximate surface area is 268 Å². The van der Waals surface area contributed by atoms with Gasteiger partial charge in [0.2, 0.25) is 0 Å². The maximum Gasteiger partial charge on any atom is 0.378 e. The molecule has 0 aromatic heterocycles. The van der Waals surface area contributed by atoms with Gasteiger partial charge in [-0.25, -0.2) is 0 Å². The number of benzene rings is 4. The molecule has 0 saturated carbocycles. The third kappa shape index (κ3) is 8.21. The van der Waals surface area contributed by atoms with Crippen molar-refractivity contribution >= 4 is 42.4 Å². The molecule has 0 bridgehead atoms. The van der Waals surface area contributed by atoms with Crippen LogP contribution in [-0.2, 0) is 8.92 Å². The van der Waals surface area contributed by atoms with E-state index < -0.39 is 55.0 Å². The molecule has 0 fully saturated rings. The monoisotopic (exact) mass is 718 g/mol. The molecule has 4 nitrogen and oxygen atoms in total. The molecule has 2 aliphatic carbocycles. The molecule has 0 radical (unpaired) electrons. The van der Waals surface area contributed by atoms with Crippen LogP contribution in [0.15, 0.2) is 109 Å². The van der Waals surface area contributed by atoms with Gasteiger partial charge >= 0.3 is 224 Å². The molecule has 210 valence electrons. The van der Waals surface area contributed by atoms with E-state index in [0.29, 0.717) is 3.40 Å². The van der Waals surface area contributed by atoms with Gasteiger partial charge in [-0.3, -0.25) is 0 Å². The Bertz CT molecular complexity index is 1410. The molecule has 4 aromatic rings. The van der Waals surface area contributed by atoms with Gasteiger partial charge in [0.15, 0.2) is 0 Å². The molecular weight excluding hydrogens is 682 g/mol. The molecule has 2 aliphatic rings. The summed E-state index contributed by atoms with van der Waals surface area (Å²) in [7, 11) is 5.75. The van der Waals surface area contributed by atoms with Crippen LogP contribution in [-0.4, -0.2) is 56.5 Å². The van der Waals surface area contributed by atoms with E-state index in [9.17, 15) is 8.92 Å². The largest absolute Gasteiger partial charge is 0.385 e. The smallest absolute Gasteiger partial charge is 0.378 e. The normalized spacial score (nSPS) is 16.0. The number of hydrogen-bond donors (Lipinski definition) is 0. The number of hydrogen-bond acceptors (Lipinski definition) is 2. The van der Waals surface area contributed by atoms with Gasteiger partial charge in [-0.1, -0.05) is 0 Å². The second kappa shape index (κ2) is 15.5. The molecule has 0 heterocycles. The first-order valence-corrected chi connectivity index (χ1v) is 18.1. The van der Waals surface area contributed by atoms with Gasteiger partial charge in [-0.2, -0.15) is 0 Å². The standard InChI is InChI=1S/2C15H11.2C2H7NOSi.Gd/c2*1-2-6-12(7-3-1)15-10-13-8-4-5-9-14(13)11-15;2*1-3(2)5-4;/h2*1-11H;2*5H,1-2H3;. The Hall–Kier alpha value is -2.68. The van der Waals surface area contributed by atoms with Crippen molar-refractivity contribution in [3.8, 4) is 0 Å². The maximum absolute atomic E-state index is 9.64. The van der Waals surface area contributed by atoms with Crippen molar-refractivity contribution in [3.63, 3.8) is 0 Å². The Morgan fingerprint density at radius 2 is 0.829 bits per heavy atom. The summed E-state index contributed by atoms with van der Waals surface area (Å²) in [5.41, 5.74) is 11.6. The van der Waals surface area contributed by atoms with Crippen LogP contribution in [0.4, 0.5) is 0 Å². The van der Waals surface area contributed by atoms with E-state index in [0.717, 1.165) is 0 Å². The number of rotatable bonds is 6. The summed E-state index contributed by atoms with van der Waals surface area (Å²) in [6.07, 6.45) is 4.88. The number of nitrogens with zero attached hydrogens (tertiary/aromatic N) is 2. The predicted molar refractivity (Wildman–Crippen MR) is 170 cm³/mol. The van der Waals surface area contributed by atoms with Crippen LogP contribution in [0, 0.1) is 35.9 Å². The Balaban J connectivity index is 0.000000336. The van der Waals surface area contributed by atoms with Crippen molar-refractivity contribution in [1.82, 2.24) is 9.13 Å². The van der Waals surface area contributed by atoms with Crippen molar-refractivity contribution in [1.29, 1.82) is 0 Å². The average Bonchev–Trinajstić information content (AvgIpc) is 3.57. The summed E-state index contributed by atoms with van der Waals surface area (Å²) < 4.78 is 23.6. The number of allylic oxidation sites excluding steroid dienone is 2. The van der Waals surface area contributed by atoms with Crippen molar-refractivity contribution in [2.45, 2.75) is 3.40 Å².